The van der Waals surface area contributed by atoms with Crippen molar-refractivity contribution in [1.82, 2.24) is 5.32 Å². The van der Waals surface area contributed by atoms with Crippen molar-refractivity contribution >= 4 is 10.0 Å². The first-order valence-corrected chi connectivity index (χ1v) is 8.24. The lowest BCUT2D eigenvalue weighted by Crippen LogP contribution is -2.35. The quantitative estimate of drug-likeness (QED) is 0.884. The summed E-state index contributed by atoms with van der Waals surface area (Å²) in [6.07, 6.45) is 3.61. The lowest BCUT2D eigenvalue weighted by atomic mass is 9.80. The van der Waals surface area contributed by atoms with Crippen molar-refractivity contribution in [2.24, 2.45) is 17.0 Å². The molecule has 1 heterocycles. The van der Waals surface area contributed by atoms with Crippen LogP contribution in [0.25, 0.3) is 0 Å². The highest BCUT2D eigenvalue weighted by atomic mass is 32.2. The SMILES string of the molecule is CC1CC(C)CC(NCc2ccc(S(N)(=O)=O)o2)C1. The number of rotatable bonds is 4. The second-order valence-corrected chi connectivity index (χ2v) is 7.25. The van der Waals surface area contributed by atoms with E-state index in [1.54, 1.807) is 6.07 Å². The Morgan fingerprint density at radius 3 is 2.42 bits per heavy atom. The van der Waals surface area contributed by atoms with Gasteiger partial charge in [-0.1, -0.05) is 13.8 Å². The highest BCUT2D eigenvalue weighted by molar-refractivity contribution is 7.89. The van der Waals surface area contributed by atoms with Gasteiger partial charge in [0.2, 0.25) is 5.09 Å². The maximum Gasteiger partial charge on any atom is 0.271 e. The van der Waals surface area contributed by atoms with Crippen LogP contribution in [0.5, 0.6) is 0 Å². The fraction of sp³-hybridized carbons (Fsp3) is 0.692. The van der Waals surface area contributed by atoms with Crippen molar-refractivity contribution < 1.29 is 12.8 Å². The van der Waals surface area contributed by atoms with E-state index in [0.717, 1.165) is 24.7 Å². The van der Waals surface area contributed by atoms with Crippen LogP contribution in [0, 0.1) is 11.8 Å². The zero-order valence-electron chi connectivity index (χ0n) is 11.4. The Balaban J connectivity index is 1.90. The van der Waals surface area contributed by atoms with E-state index in [-0.39, 0.29) is 5.09 Å². The fourth-order valence-electron chi connectivity index (χ4n) is 2.96. The molecule has 2 atom stereocenters. The predicted molar refractivity (Wildman–Crippen MR) is 72.9 cm³/mol. The molecule has 6 heteroatoms. The number of furan rings is 1. The van der Waals surface area contributed by atoms with E-state index < -0.39 is 10.0 Å². The van der Waals surface area contributed by atoms with Gasteiger partial charge < -0.3 is 9.73 Å². The second-order valence-electron chi connectivity index (χ2n) is 5.76. The molecule has 1 saturated carbocycles. The van der Waals surface area contributed by atoms with Crippen LogP contribution in [-0.4, -0.2) is 14.5 Å². The summed E-state index contributed by atoms with van der Waals surface area (Å²) in [5, 5.41) is 8.27. The lowest BCUT2D eigenvalue weighted by molar-refractivity contribution is 0.233. The van der Waals surface area contributed by atoms with E-state index in [1.807, 2.05) is 0 Å². The third-order valence-electron chi connectivity index (χ3n) is 3.66. The summed E-state index contributed by atoms with van der Waals surface area (Å²) < 4.78 is 27.4. The molecule has 2 unspecified atom stereocenters. The normalized spacial score (nSPS) is 28.5. The molecular formula is C13H22N2O3S. The Labute approximate surface area is 114 Å². The Kier molecular flexibility index (Phi) is 4.32. The summed E-state index contributed by atoms with van der Waals surface area (Å²) in [4.78, 5) is 0. The van der Waals surface area contributed by atoms with Crippen LogP contribution in [-0.2, 0) is 16.6 Å². The van der Waals surface area contributed by atoms with Crippen molar-refractivity contribution in [2.75, 3.05) is 0 Å². The summed E-state index contributed by atoms with van der Waals surface area (Å²) >= 11 is 0. The third kappa shape index (κ3) is 4.06. The van der Waals surface area contributed by atoms with Crippen LogP contribution in [0.2, 0.25) is 0 Å². The predicted octanol–water partition coefficient (Wildman–Crippen LogP) is 1.84. The number of primary sulfonamides is 1. The average molecular weight is 286 g/mol. The van der Waals surface area contributed by atoms with Crippen molar-refractivity contribution in [3.8, 4) is 0 Å². The molecule has 1 aliphatic carbocycles. The first-order valence-electron chi connectivity index (χ1n) is 6.69. The molecule has 2 rings (SSSR count). The molecule has 19 heavy (non-hydrogen) atoms. The molecule has 1 fully saturated rings. The third-order valence-corrected chi connectivity index (χ3v) is 4.44. The maximum absolute atomic E-state index is 11.1. The first kappa shape index (κ1) is 14.6. The van der Waals surface area contributed by atoms with Crippen molar-refractivity contribution in [3.05, 3.63) is 17.9 Å². The first-order chi connectivity index (χ1) is 8.84. The molecule has 1 aromatic rings. The van der Waals surface area contributed by atoms with Crippen molar-refractivity contribution in [1.29, 1.82) is 0 Å². The van der Waals surface area contributed by atoms with Gasteiger partial charge in [0, 0.05) is 6.04 Å². The van der Waals surface area contributed by atoms with Crippen molar-refractivity contribution in [3.63, 3.8) is 0 Å². The van der Waals surface area contributed by atoms with Gasteiger partial charge in [-0.25, -0.2) is 13.6 Å². The molecule has 0 spiro atoms. The smallest absolute Gasteiger partial charge is 0.271 e. The standard InChI is InChI=1S/C13H22N2O3S/c1-9-5-10(2)7-11(6-9)15-8-12-3-4-13(18-12)19(14,16)17/h3-4,9-11,15H,5-8H2,1-2H3,(H2,14,16,17). The van der Waals surface area contributed by atoms with Crippen molar-refractivity contribution in [2.45, 2.75) is 50.8 Å². The summed E-state index contributed by atoms with van der Waals surface area (Å²) in [6, 6.07) is 3.53. The molecular weight excluding hydrogens is 264 g/mol. The summed E-state index contributed by atoms with van der Waals surface area (Å²) in [7, 11) is -3.74. The Hall–Kier alpha value is -0.850. The number of nitrogens with two attached hydrogens (primary N) is 1. The van der Waals surface area contributed by atoms with Crippen LogP contribution in [0.15, 0.2) is 21.6 Å². The van der Waals surface area contributed by atoms with Gasteiger partial charge in [-0.2, -0.15) is 0 Å². The molecule has 1 aliphatic rings. The van der Waals surface area contributed by atoms with Crippen LogP contribution in [0.4, 0.5) is 0 Å². The zero-order valence-corrected chi connectivity index (χ0v) is 12.2. The molecule has 0 radical (unpaired) electrons. The van der Waals surface area contributed by atoms with Gasteiger partial charge in [0.05, 0.1) is 6.54 Å². The lowest BCUT2D eigenvalue weighted by Gasteiger charge is -2.31. The van der Waals surface area contributed by atoms with E-state index in [4.69, 9.17) is 9.56 Å². The number of hydrogen-bond donors (Lipinski definition) is 2. The summed E-state index contributed by atoms with van der Waals surface area (Å²) in [5.74, 6) is 2.07. The Morgan fingerprint density at radius 2 is 1.89 bits per heavy atom. The minimum absolute atomic E-state index is 0.172. The van der Waals surface area contributed by atoms with Gasteiger partial charge in [-0.15, -0.1) is 0 Å². The molecule has 0 bridgehead atoms. The van der Waals surface area contributed by atoms with Crippen LogP contribution >= 0.6 is 0 Å². The molecule has 0 saturated heterocycles. The molecule has 108 valence electrons. The van der Waals surface area contributed by atoms with E-state index in [9.17, 15) is 8.42 Å². The minimum atomic E-state index is -3.74. The van der Waals surface area contributed by atoms with Gasteiger partial charge in [0.25, 0.3) is 10.0 Å². The highest BCUT2D eigenvalue weighted by Crippen LogP contribution is 2.28. The number of sulfonamides is 1. The van der Waals surface area contributed by atoms with Crippen LogP contribution < -0.4 is 10.5 Å². The van der Waals surface area contributed by atoms with Gasteiger partial charge in [-0.05, 0) is 43.2 Å². The Bertz CT molecular complexity index is 514. The molecule has 0 aliphatic heterocycles. The molecule has 0 aromatic carbocycles. The molecule has 5 nitrogen and oxygen atoms in total. The number of hydrogen-bond acceptors (Lipinski definition) is 4. The minimum Gasteiger partial charge on any atom is -0.447 e. The second kappa shape index (κ2) is 5.64. The topological polar surface area (TPSA) is 85.3 Å². The van der Waals surface area contributed by atoms with Crippen LogP contribution in [0.3, 0.4) is 0 Å². The number of nitrogens with one attached hydrogen (secondary N) is 1. The molecule has 0 amide bonds. The summed E-state index contributed by atoms with van der Waals surface area (Å²) in [5.41, 5.74) is 0. The maximum atomic E-state index is 11.1. The zero-order chi connectivity index (χ0) is 14.0. The van der Waals surface area contributed by atoms with Gasteiger partial charge in [0.1, 0.15) is 5.76 Å². The van der Waals surface area contributed by atoms with E-state index >= 15 is 0 Å². The van der Waals surface area contributed by atoms with E-state index in [2.05, 4.69) is 19.2 Å². The molecule has 1 aromatic heterocycles. The fourth-order valence-corrected chi connectivity index (χ4v) is 3.45. The molecule has 3 N–H and O–H groups in total. The van der Waals surface area contributed by atoms with E-state index in [0.29, 0.717) is 18.3 Å². The Morgan fingerprint density at radius 1 is 1.26 bits per heavy atom. The van der Waals surface area contributed by atoms with E-state index in [1.165, 1.54) is 12.5 Å². The average Bonchev–Trinajstić information content (AvgIpc) is 2.73. The summed E-state index contributed by atoms with van der Waals surface area (Å²) in [6.45, 7) is 5.09. The van der Waals surface area contributed by atoms with Crippen LogP contribution in [0.1, 0.15) is 38.9 Å². The van der Waals surface area contributed by atoms with Gasteiger partial charge >= 0.3 is 0 Å². The highest BCUT2D eigenvalue weighted by Gasteiger charge is 2.23. The monoisotopic (exact) mass is 286 g/mol. The van der Waals surface area contributed by atoms with Gasteiger partial charge in [-0.3, -0.25) is 0 Å². The van der Waals surface area contributed by atoms with Gasteiger partial charge in [0.15, 0.2) is 0 Å². The largest absolute Gasteiger partial charge is 0.447 e.